The van der Waals surface area contributed by atoms with Crippen LogP contribution in [0.4, 0.5) is 18.9 Å². The van der Waals surface area contributed by atoms with Crippen molar-refractivity contribution in [3.8, 4) is 22.8 Å². The first-order chi connectivity index (χ1) is 17.1. The lowest BCUT2D eigenvalue weighted by Crippen LogP contribution is -2.48. The molecule has 1 aromatic heterocycles. The maximum atomic E-state index is 12.3. The van der Waals surface area contributed by atoms with E-state index in [-0.39, 0.29) is 11.7 Å². The fourth-order valence-electron chi connectivity index (χ4n) is 3.60. The highest BCUT2D eigenvalue weighted by atomic mass is 19.4. The van der Waals surface area contributed by atoms with Crippen LogP contribution in [0.5, 0.6) is 11.6 Å². The van der Waals surface area contributed by atoms with Gasteiger partial charge in [-0.3, -0.25) is 4.79 Å². The molecule has 1 saturated heterocycles. The van der Waals surface area contributed by atoms with Crippen LogP contribution in [0.25, 0.3) is 11.1 Å². The Bertz CT molecular complexity index is 1270. The normalized spacial score (nSPS) is 13.9. The zero-order valence-electron chi connectivity index (χ0n) is 18.9. The number of alkyl halides is 3. The summed E-state index contributed by atoms with van der Waals surface area (Å²) < 4.78 is 46.2. The molecule has 10 nitrogen and oxygen atoms in total. The Kier molecular flexibility index (Phi) is 6.90. The Hall–Kier alpha value is -4.42. The zero-order valence-corrected chi connectivity index (χ0v) is 18.9. The summed E-state index contributed by atoms with van der Waals surface area (Å²) in [6, 6.07) is 14.6. The second kappa shape index (κ2) is 10.1. The SMILES string of the molecule is CC(=O)N1CCN(c2cccc(-c3ccc(Oc4nn[nH]c4C(=O)OC(=O)C(F)(F)F)cc3)c2)CC1. The maximum absolute atomic E-state index is 12.3. The minimum atomic E-state index is -5.33. The number of aromatic amines is 1. The van der Waals surface area contributed by atoms with Gasteiger partial charge >= 0.3 is 18.1 Å². The molecule has 1 N–H and O–H groups in total. The van der Waals surface area contributed by atoms with Gasteiger partial charge in [-0.15, -0.1) is 0 Å². The Labute approximate surface area is 202 Å². The summed E-state index contributed by atoms with van der Waals surface area (Å²) in [6.45, 7) is 4.34. The van der Waals surface area contributed by atoms with Crippen molar-refractivity contribution in [2.45, 2.75) is 13.1 Å². The van der Waals surface area contributed by atoms with E-state index in [0.29, 0.717) is 13.1 Å². The average molecular weight is 503 g/mol. The van der Waals surface area contributed by atoms with Gasteiger partial charge in [0.1, 0.15) is 5.75 Å². The molecule has 36 heavy (non-hydrogen) atoms. The van der Waals surface area contributed by atoms with Crippen molar-refractivity contribution >= 4 is 23.5 Å². The fourth-order valence-corrected chi connectivity index (χ4v) is 3.60. The summed E-state index contributed by atoms with van der Waals surface area (Å²) in [5, 5.41) is 8.89. The maximum Gasteiger partial charge on any atom is 0.491 e. The molecule has 1 fully saturated rings. The summed E-state index contributed by atoms with van der Waals surface area (Å²) in [5.41, 5.74) is 2.18. The van der Waals surface area contributed by atoms with Crippen LogP contribution in [0.1, 0.15) is 17.4 Å². The number of nitrogens with one attached hydrogen (secondary N) is 1. The monoisotopic (exact) mass is 503 g/mol. The van der Waals surface area contributed by atoms with Crippen LogP contribution in [0.2, 0.25) is 0 Å². The molecule has 0 unspecified atom stereocenters. The first-order valence-electron chi connectivity index (χ1n) is 10.7. The van der Waals surface area contributed by atoms with E-state index < -0.39 is 29.7 Å². The zero-order chi connectivity index (χ0) is 25.9. The van der Waals surface area contributed by atoms with Crippen molar-refractivity contribution in [1.82, 2.24) is 20.3 Å². The Morgan fingerprint density at radius 2 is 1.67 bits per heavy atom. The highest BCUT2D eigenvalue weighted by Gasteiger charge is 2.43. The molecule has 4 rings (SSSR count). The lowest BCUT2D eigenvalue weighted by atomic mass is 10.0. The van der Waals surface area contributed by atoms with Gasteiger partial charge in [0.05, 0.1) is 0 Å². The van der Waals surface area contributed by atoms with Gasteiger partial charge in [-0.05, 0) is 35.4 Å². The predicted molar refractivity (Wildman–Crippen MR) is 119 cm³/mol. The van der Waals surface area contributed by atoms with E-state index in [1.807, 2.05) is 29.2 Å². The molecular weight excluding hydrogens is 483 g/mol. The van der Waals surface area contributed by atoms with Crippen LogP contribution in [-0.2, 0) is 14.3 Å². The number of benzene rings is 2. The highest BCUT2D eigenvalue weighted by Crippen LogP contribution is 2.29. The van der Waals surface area contributed by atoms with Gasteiger partial charge in [-0.2, -0.15) is 13.2 Å². The second-order valence-electron chi connectivity index (χ2n) is 7.84. The third-order valence-corrected chi connectivity index (χ3v) is 5.48. The van der Waals surface area contributed by atoms with E-state index in [1.165, 1.54) is 0 Å². The molecule has 1 amide bonds. The third-order valence-electron chi connectivity index (χ3n) is 5.48. The van der Waals surface area contributed by atoms with Crippen LogP contribution in [0.3, 0.4) is 0 Å². The molecule has 0 radical (unpaired) electrons. The topological polar surface area (TPSA) is 118 Å². The molecule has 0 aliphatic carbocycles. The number of aromatic nitrogens is 3. The van der Waals surface area contributed by atoms with Crippen molar-refractivity contribution in [3.05, 3.63) is 54.2 Å². The van der Waals surface area contributed by atoms with Crippen molar-refractivity contribution in [2.24, 2.45) is 0 Å². The second-order valence-corrected chi connectivity index (χ2v) is 7.84. The first-order valence-corrected chi connectivity index (χ1v) is 10.7. The Morgan fingerprint density at radius 1 is 0.972 bits per heavy atom. The number of ether oxygens (including phenoxy) is 2. The average Bonchev–Trinajstić information content (AvgIpc) is 3.32. The van der Waals surface area contributed by atoms with E-state index in [2.05, 4.69) is 25.0 Å². The molecule has 1 aliphatic heterocycles. The summed E-state index contributed by atoms with van der Waals surface area (Å²) in [7, 11) is 0. The molecule has 0 atom stereocenters. The van der Waals surface area contributed by atoms with Crippen molar-refractivity contribution < 1.29 is 37.0 Å². The number of hydrogen-bond donors (Lipinski definition) is 1. The van der Waals surface area contributed by atoms with Crippen LogP contribution >= 0.6 is 0 Å². The van der Waals surface area contributed by atoms with Crippen LogP contribution in [0.15, 0.2) is 48.5 Å². The number of carbonyl (C=O) groups excluding carboxylic acids is 3. The Balaban J connectivity index is 1.43. The van der Waals surface area contributed by atoms with Gasteiger partial charge in [0.25, 0.3) is 5.88 Å². The molecule has 2 heterocycles. The van der Waals surface area contributed by atoms with Crippen molar-refractivity contribution in [3.63, 3.8) is 0 Å². The van der Waals surface area contributed by atoms with E-state index >= 15 is 0 Å². The number of nitrogens with zero attached hydrogens (tertiary/aromatic N) is 4. The molecule has 188 valence electrons. The summed E-state index contributed by atoms with van der Waals surface area (Å²) in [5.74, 6) is -4.46. The van der Waals surface area contributed by atoms with E-state index in [1.54, 1.807) is 31.2 Å². The van der Waals surface area contributed by atoms with E-state index in [4.69, 9.17) is 4.74 Å². The van der Waals surface area contributed by atoms with Gasteiger partial charge in [0.2, 0.25) is 11.6 Å². The summed E-state index contributed by atoms with van der Waals surface area (Å²) in [6.07, 6.45) is -5.33. The van der Waals surface area contributed by atoms with Crippen LogP contribution in [-0.4, -0.2) is 70.5 Å². The number of piperazine rings is 1. The molecule has 0 bridgehead atoms. The van der Waals surface area contributed by atoms with E-state index in [0.717, 1.165) is 29.9 Å². The lowest BCUT2D eigenvalue weighted by Gasteiger charge is -2.35. The quantitative estimate of drug-likeness (QED) is 0.417. The smallest absolute Gasteiger partial charge is 0.436 e. The summed E-state index contributed by atoms with van der Waals surface area (Å²) >= 11 is 0. The largest absolute Gasteiger partial charge is 0.491 e. The van der Waals surface area contributed by atoms with Gasteiger partial charge in [-0.25, -0.2) is 14.7 Å². The summed E-state index contributed by atoms with van der Waals surface area (Å²) in [4.78, 5) is 38.3. The molecule has 3 aromatic rings. The van der Waals surface area contributed by atoms with Crippen molar-refractivity contribution in [1.29, 1.82) is 0 Å². The number of halogens is 3. The molecule has 2 aromatic carbocycles. The first kappa shape index (κ1) is 24.7. The molecule has 1 aliphatic rings. The highest BCUT2D eigenvalue weighted by molar-refractivity contribution is 5.98. The number of H-pyrrole nitrogens is 1. The van der Waals surface area contributed by atoms with E-state index in [9.17, 15) is 27.6 Å². The van der Waals surface area contributed by atoms with Crippen molar-refractivity contribution in [2.75, 3.05) is 31.1 Å². The molecular formula is C23H20F3N5O5. The lowest BCUT2D eigenvalue weighted by molar-refractivity contribution is -0.193. The number of esters is 2. The van der Waals surface area contributed by atoms with Gasteiger partial charge < -0.3 is 19.3 Å². The van der Waals surface area contributed by atoms with Gasteiger partial charge in [0, 0.05) is 38.8 Å². The molecule has 0 spiro atoms. The Morgan fingerprint density at radius 3 is 2.31 bits per heavy atom. The van der Waals surface area contributed by atoms with Crippen LogP contribution in [0, 0.1) is 0 Å². The number of rotatable bonds is 5. The number of amides is 1. The number of anilines is 1. The number of hydrogen-bond acceptors (Lipinski definition) is 8. The molecule has 13 heteroatoms. The third kappa shape index (κ3) is 5.62. The number of carbonyl (C=O) groups is 3. The van der Waals surface area contributed by atoms with Crippen LogP contribution < -0.4 is 9.64 Å². The van der Waals surface area contributed by atoms with Gasteiger partial charge in [0.15, 0.2) is 0 Å². The van der Waals surface area contributed by atoms with Gasteiger partial charge in [-0.1, -0.05) is 34.6 Å². The molecule has 0 saturated carbocycles. The standard InChI is InChI=1S/C23H20F3N5O5/c1-14(32)30-9-11-31(12-10-30)17-4-2-3-16(13-17)15-5-7-18(8-6-15)35-20-19(27-29-28-20)21(33)36-22(34)23(24,25)26/h2-8,13H,9-12H2,1H3,(H,27,28,29). The minimum absolute atomic E-state index is 0.0649. The fraction of sp³-hybridized carbons (Fsp3) is 0.261. The predicted octanol–water partition coefficient (Wildman–Crippen LogP) is 3.18. The minimum Gasteiger partial charge on any atom is -0.436 e.